The number of Topliss-reactive ketones (excluding diaryl/α,β-unsaturated/α-hetero) is 1. The summed E-state index contributed by atoms with van der Waals surface area (Å²) >= 11 is 5.93. The number of hydrogen-bond acceptors (Lipinski definition) is 3. The minimum Gasteiger partial charge on any atom is -0.330 e. The van der Waals surface area contributed by atoms with E-state index in [1.807, 2.05) is 6.07 Å². The van der Waals surface area contributed by atoms with E-state index in [9.17, 15) is 4.79 Å². The van der Waals surface area contributed by atoms with E-state index in [-0.39, 0.29) is 5.78 Å². The SMILES string of the molecule is Cn1nc(Cl)c2ccc(C(=O)CCN)cc21. The Kier molecular flexibility index (Phi) is 2.94. The van der Waals surface area contributed by atoms with Gasteiger partial charge >= 0.3 is 0 Å². The smallest absolute Gasteiger partial charge is 0.164 e. The summed E-state index contributed by atoms with van der Waals surface area (Å²) < 4.78 is 1.66. The highest BCUT2D eigenvalue weighted by molar-refractivity contribution is 6.34. The molecule has 0 saturated heterocycles. The summed E-state index contributed by atoms with van der Waals surface area (Å²) in [7, 11) is 1.80. The molecule has 5 heteroatoms. The molecule has 0 aliphatic heterocycles. The van der Waals surface area contributed by atoms with Gasteiger partial charge in [0.2, 0.25) is 0 Å². The molecule has 4 nitrogen and oxygen atoms in total. The lowest BCUT2D eigenvalue weighted by Gasteiger charge is -2.00. The molecule has 0 radical (unpaired) electrons. The first kappa shape index (κ1) is 11.1. The predicted octanol–water partition coefficient (Wildman–Crippen LogP) is 1.76. The number of halogens is 1. The van der Waals surface area contributed by atoms with Crippen molar-refractivity contribution in [3.05, 3.63) is 28.9 Å². The third kappa shape index (κ3) is 1.81. The number of fused-ring (bicyclic) bond motifs is 1. The van der Waals surface area contributed by atoms with Crippen molar-refractivity contribution in [2.24, 2.45) is 12.8 Å². The average molecular weight is 238 g/mol. The molecule has 0 spiro atoms. The summed E-state index contributed by atoms with van der Waals surface area (Å²) in [6, 6.07) is 5.37. The maximum atomic E-state index is 11.7. The molecule has 0 aliphatic carbocycles. The van der Waals surface area contributed by atoms with Gasteiger partial charge in [-0.05, 0) is 18.7 Å². The van der Waals surface area contributed by atoms with Crippen molar-refractivity contribution in [3.63, 3.8) is 0 Å². The second-order valence-electron chi connectivity index (χ2n) is 3.61. The van der Waals surface area contributed by atoms with Gasteiger partial charge in [0.15, 0.2) is 10.9 Å². The Morgan fingerprint density at radius 3 is 3.00 bits per heavy atom. The zero-order chi connectivity index (χ0) is 11.7. The summed E-state index contributed by atoms with van der Waals surface area (Å²) in [5.41, 5.74) is 6.86. The standard InChI is InChI=1S/C11H12ClN3O/c1-15-9-6-7(10(16)4-5-13)2-3-8(9)11(12)14-15/h2-3,6H,4-5,13H2,1H3. The lowest BCUT2D eigenvalue weighted by atomic mass is 10.1. The third-order valence-electron chi connectivity index (χ3n) is 2.50. The molecule has 0 bridgehead atoms. The summed E-state index contributed by atoms with van der Waals surface area (Å²) in [6.07, 6.45) is 0.358. The fourth-order valence-electron chi connectivity index (χ4n) is 1.66. The molecule has 16 heavy (non-hydrogen) atoms. The average Bonchev–Trinajstić information content (AvgIpc) is 2.55. The number of ketones is 1. The molecule has 0 amide bonds. The number of aryl methyl sites for hydroxylation is 1. The van der Waals surface area contributed by atoms with Gasteiger partial charge in [0.25, 0.3) is 0 Å². The number of hydrogen-bond donors (Lipinski definition) is 1. The summed E-state index contributed by atoms with van der Waals surface area (Å²) in [4.78, 5) is 11.7. The van der Waals surface area contributed by atoms with E-state index < -0.39 is 0 Å². The number of aromatic nitrogens is 2. The van der Waals surface area contributed by atoms with Gasteiger partial charge < -0.3 is 5.73 Å². The number of carbonyl (C=O) groups is 1. The van der Waals surface area contributed by atoms with Crippen LogP contribution >= 0.6 is 11.6 Å². The second-order valence-corrected chi connectivity index (χ2v) is 3.97. The normalized spacial score (nSPS) is 10.9. The highest BCUT2D eigenvalue weighted by Gasteiger charge is 2.10. The molecule has 0 saturated carbocycles. The molecule has 1 aromatic carbocycles. The van der Waals surface area contributed by atoms with Crippen LogP contribution in [0.15, 0.2) is 18.2 Å². The molecule has 0 unspecified atom stereocenters. The van der Waals surface area contributed by atoms with Crippen molar-refractivity contribution in [1.82, 2.24) is 9.78 Å². The molecular weight excluding hydrogens is 226 g/mol. The molecule has 0 atom stereocenters. The molecule has 0 fully saturated rings. The first-order chi connectivity index (χ1) is 7.63. The molecule has 2 aromatic rings. The van der Waals surface area contributed by atoms with E-state index in [4.69, 9.17) is 17.3 Å². The van der Waals surface area contributed by atoms with Crippen molar-refractivity contribution < 1.29 is 4.79 Å². The zero-order valence-corrected chi connectivity index (χ0v) is 9.66. The number of rotatable bonds is 3. The fraction of sp³-hybridized carbons (Fsp3) is 0.273. The van der Waals surface area contributed by atoms with E-state index in [1.54, 1.807) is 23.9 Å². The van der Waals surface area contributed by atoms with Gasteiger partial charge in [-0.1, -0.05) is 17.7 Å². The fourth-order valence-corrected chi connectivity index (χ4v) is 1.94. The Morgan fingerprint density at radius 1 is 1.56 bits per heavy atom. The third-order valence-corrected chi connectivity index (χ3v) is 2.78. The van der Waals surface area contributed by atoms with Gasteiger partial charge in [-0.25, -0.2) is 0 Å². The van der Waals surface area contributed by atoms with Crippen LogP contribution in [-0.2, 0) is 7.05 Å². The number of nitrogens with two attached hydrogens (primary N) is 1. The van der Waals surface area contributed by atoms with Crippen molar-refractivity contribution in [2.75, 3.05) is 6.54 Å². The molecular formula is C11H12ClN3O. The number of benzene rings is 1. The van der Waals surface area contributed by atoms with Crippen molar-refractivity contribution >= 4 is 28.3 Å². The Bertz CT molecular complexity index is 547. The molecule has 1 aromatic heterocycles. The van der Waals surface area contributed by atoms with Gasteiger partial charge in [0, 0.05) is 24.4 Å². The summed E-state index contributed by atoms with van der Waals surface area (Å²) in [5.74, 6) is 0.0433. The van der Waals surface area contributed by atoms with E-state index >= 15 is 0 Å². The van der Waals surface area contributed by atoms with Crippen LogP contribution in [0.4, 0.5) is 0 Å². The molecule has 2 rings (SSSR count). The Balaban J connectivity index is 2.51. The van der Waals surface area contributed by atoms with E-state index in [1.165, 1.54) is 0 Å². The van der Waals surface area contributed by atoms with Crippen LogP contribution in [0.5, 0.6) is 0 Å². The van der Waals surface area contributed by atoms with Crippen LogP contribution in [0.2, 0.25) is 5.15 Å². The second kappa shape index (κ2) is 4.23. The largest absolute Gasteiger partial charge is 0.330 e. The van der Waals surface area contributed by atoms with Crippen LogP contribution in [0.25, 0.3) is 10.9 Å². The van der Waals surface area contributed by atoms with Crippen LogP contribution in [0.3, 0.4) is 0 Å². The van der Waals surface area contributed by atoms with Gasteiger partial charge in [0.1, 0.15) is 0 Å². The van der Waals surface area contributed by atoms with Crippen molar-refractivity contribution in [3.8, 4) is 0 Å². The van der Waals surface area contributed by atoms with Crippen LogP contribution in [0.1, 0.15) is 16.8 Å². The predicted molar refractivity (Wildman–Crippen MR) is 63.7 cm³/mol. The van der Waals surface area contributed by atoms with Crippen LogP contribution < -0.4 is 5.73 Å². The minimum absolute atomic E-state index is 0.0433. The van der Waals surface area contributed by atoms with Crippen LogP contribution in [-0.4, -0.2) is 22.1 Å². The maximum Gasteiger partial charge on any atom is 0.164 e. The molecule has 0 aliphatic rings. The molecule has 2 N–H and O–H groups in total. The zero-order valence-electron chi connectivity index (χ0n) is 8.90. The Morgan fingerprint density at radius 2 is 2.31 bits per heavy atom. The number of carbonyl (C=O) groups excluding carboxylic acids is 1. The highest BCUT2D eigenvalue weighted by Crippen LogP contribution is 2.23. The Hall–Kier alpha value is -1.39. The van der Waals surface area contributed by atoms with E-state index in [0.29, 0.717) is 23.7 Å². The lowest BCUT2D eigenvalue weighted by molar-refractivity contribution is 0.0985. The van der Waals surface area contributed by atoms with Gasteiger partial charge in [-0.2, -0.15) is 5.10 Å². The minimum atomic E-state index is 0.0433. The van der Waals surface area contributed by atoms with Gasteiger partial charge in [-0.3, -0.25) is 9.48 Å². The number of nitrogens with zero attached hydrogens (tertiary/aromatic N) is 2. The van der Waals surface area contributed by atoms with Crippen LogP contribution in [0, 0.1) is 0 Å². The van der Waals surface area contributed by atoms with Gasteiger partial charge in [-0.15, -0.1) is 0 Å². The molecule has 1 heterocycles. The summed E-state index contributed by atoms with van der Waals surface area (Å²) in [5, 5.41) is 5.39. The van der Waals surface area contributed by atoms with Crippen molar-refractivity contribution in [1.29, 1.82) is 0 Å². The summed E-state index contributed by atoms with van der Waals surface area (Å²) in [6.45, 7) is 0.364. The van der Waals surface area contributed by atoms with E-state index in [2.05, 4.69) is 5.10 Å². The topological polar surface area (TPSA) is 60.9 Å². The van der Waals surface area contributed by atoms with Gasteiger partial charge in [0.05, 0.1) is 5.52 Å². The first-order valence-electron chi connectivity index (χ1n) is 4.99. The van der Waals surface area contributed by atoms with E-state index in [0.717, 1.165) is 10.9 Å². The quantitative estimate of drug-likeness (QED) is 0.828. The monoisotopic (exact) mass is 237 g/mol. The Labute approximate surface area is 98.0 Å². The molecule has 84 valence electrons. The van der Waals surface area contributed by atoms with Crippen molar-refractivity contribution in [2.45, 2.75) is 6.42 Å². The lowest BCUT2D eigenvalue weighted by Crippen LogP contribution is -2.08. The highest BCUT2D eigenvalue weighted by atomic mass is 35.5. The maximum absolute atomic E-state index is 11.7. The first-order valence-corrected chi connectivity index (χ1v) is 5.37.